The van der Waals surface area contributed by atoms with Crippen LogP contribution in [-0.2, 0) is 0 Å². The van der Waals surface area contributed by atoms with Crippen LogP contribution in [0.2, 0.25) is 0 Å². The van der Waals surface area contributed by atoms with Crippen molar-refractivity contribution in [3.05, 3.63) is 29.8 Å². The number of nitrogens with two attached hydrogens (primary N) is 1. The first-order valence-corrected chi connectivity index (χ1v) is 6.74. The summed E-state index contributed by atoms with van der Waals surface area (Å²) in [5, 5.41) is 5.60. The molecule has 0 aliphatic carbocycles. The second-order valence-corrected chi connectivity index (χ2v) is 4.92. The van der Waals surface area contributed by atoms with Crippen LogP contribution in [0.5, 0.6) is 0 Å². The minimum absolute atomic E-state index is 0.00382. The highest BCUT2D eigenvalue weighted by Gasteiger charge is 2.28. The van der Waals surface area contributed by atoms with Gasteiger partial charge in [0.2, 0.25) is 0 Å². The van der Waals surface area contributed by atoms with Crippen molar-refractivity contribution in [1.82, 2.24) is 10.2 Å². The largest absolute Gasteiger partial charge is 0.351 e. The number of urea groups is 1. The molecule has 1 aromatic rings. The zero-order valence-corrected chi connectivity index (χ0v) is 11.6. The summed E-state index contributed by atoms with van der Waals surface area (Å²) in [7, 11) is 1.89. The zero-order valence-electron chi connectivity index (χ0n) is 11.6. The lowest BCUT2D eigenvalue weighted by molar-refractivity contribution is 0.0737. The van der Waals surface area contributed by atoms with Gasteiger partial charge >= 0.3 is 6.03 Å². The van der Waals surface area contributed by atoms with E-state index in [-0.39, 0.29) is 11.9 Å². The molecule has 6 nitrogen and oxygen atoms in total. The van der Waals surface area contributed by atoms with Crippen molar-refractivity contribution in [3.63, 3.8) is 0 Å². The molecule has 1 saturated heterocycles. The second-order valence-electron chi connectivity index (χ2n) is 4.92. The first-order chi connectivity index (χ1) is 9.61. The molecule has 1 fully saturated rings. The summed E-state index contributed by atoms with van der Waals surface area (Å²) < 4.78 is 0. The number of benzene rings is 1. The summed E-state index contributed by atoms with van der Waals surface area (Å²) in [4.78, 5) is 25.3. The Bertz CT molecular complexity index is 504. The molecular weight excluding hydrogens is 256 g/mol. The summed E-state index contributed by atoms with van der Waals surface area (Å²) in [6.07, 6.45) is 2.04. The van der Waals surface area contributed by atoms with E-state index in [1.54, 1.807) is 24.3 Å². The summed E-state index contributed by atoms with van der Waals surface area (Å²) in [5.41, 5.74) is 6.18. The van der Waals surface area contributed by atoms with Gasteiger partial charge in [-0.3, -0.25) is 4.79 Å². The highest BCUT2D eigenvalue weighted by molar-refractivity contribution is 5.97. The van der Waals surface area contributed by atoms with E-state index in [2.05, 4.69) is 10.6 Å². The van der Waals surface area contributed by atoms with Gasteiger partial charge in [0.1, 0.15) is 0 Å². The number of anilines is 1. The van der Waals surface area contributed by atoms with E-state index < -0.39 is 6.03 Å². The molecule has 0 aromatic heterocycles. The van der Waals surface area contributed by atoms with Gasteiger partial charge < -0.3 is 21.3 Å². The monoisotopic (exact) mass is 276 g/mol. The molecule has 3 amide bonds. The maximum absolute atomic E-state index is 12.5. The number of hydrogen-bond donors (Lipinski definition) is 3. The van der Waals surface area contributed by atoms with Gasteiger partial charge in [-0.25, -0.2) is 4.79 Å². The number of likely N-dealkylation sites (tertiary alicyclic amines) is 1. The van der Waals surface area contributed by atoms with Gasteiger partial charge in [-0.15, -0.1) is 0 Å². The molecule has 4 N–H and O–H groups in total. The Labute approximate surface area is 118 Å². The smallest absolute Gasteiger partial charge is 0.316 e. The van der Waals surface area contributed by atoms with Crippen LogP contribution >= 0.6 is 0 Å². The quantitative estimate of drug-likeness (QED) is 0.766. The van der Waals surface area contributed by atoms with Gasteiger partial charge in [0.05, 0.1) is 0 Å². The molecule has 1 unspecified atom stereocenters. The Morgan fingerprint density at radius 1 is 1.45 bits per heavy atom. The number of likely N-dealkylation sites (N-methyl/N-ethyl adjacent to an activating group) is 1. The molecule has 0 radical (unpaired) electrons. The van der Waals surface area contributed by atoms with Crippen LogP contribution in [0.1, 0.15) is 23.2 Å². The van der Waals surface area contributed by atoms with E-state index >= 15 is 0 Å². The van der Waals surface area contributed by atoms with Crippen LogP contribution in [0.25, 0.3) is 0 Å². The number of carbonyl (C=O) groups is 2. The Morgan fingerprint density at radius 3 is 2.95 bits per heavy atom. The average Bonchev–Trinajstić information content (AvgIpc) is 2.86. The molecule has 1 aromatic carbocycles. The lowest BCUT2D eigenvalue weighted by Crippen LogP contribution is -2.40. The van der Waals surface area contributed by atoms with Crippen molar-refractivity contribution in [3.8, 4) is 0 Å². The Balaban J connectivity index is 2.14. The van der Waals surface area contributed by atoms with Crippen molar-refractivity contribution in [1.29, 1.82) is 0 Å². The molecule has 1 aliphatic rings. The molecule has 6 heteroatoms. The highest BCUT2D eigenvalue weighted by Crippen LogP contribution is 2.21. The van der Waals surface area contributed by atoms with Crippen LogP contribution in [0, 0.1) is 0 Å². The number of amides is 3. The number of carbonyl (C=O) groups excluding carboxylic acids is 2. The topological polar surface area (TPSA) is 87.5 Å². The summed E-state index contributed by atoms with van der Waals surface area (Å²) in [5.74, 6) is -0.00382. The molecule has 1 aliphatic heterocycles. The van der Waals surface area contributed by atoms with Gasteiger partial charge in [0.15, 0.2) is 0 Å². The summed E-state index contributed by atoms with van der Waals surface area (Å²) in [6.45, 7) is 1.57. The third-order valence-corrected chi connectivity index (χ3v) is 3.45. The number of primary amides is 1. The van der Waals surface area contributed by atoms with Gasteiger partial charge in [-0.1, -0.05) is 6.07 Å². The molecule has 20 heavy (non-hydrogen) atoms. The fourth-order valence-electron chi connectivity index (χ4n) is 2.59. The maximum atomic E-state index is 12.5. The van der Waals surface area contributed by atoms with E-state index in [0.29, 0.717) is 11.3 Å². The van der Waals surface area contributed by atoms with Gasteiger partial charge in [0, 0.05) is 30.4 Å². The molecule has 0 bridgehead atoms. The van der Waals surface area contributed by atoms with Crippen molar-refractivity contribution in [2.75, 3.05) is 25.5 Å². The molecule has 0 saturated carbocycles. The van der Waals surface area contributed by atoms with Crippen molar-refractivity contribution in [2.24, 2.45) is 5.73 Å². The van der Waals surface area contributed by atoms with Crippen LogP contribution in [-0.4, -0.2) is 43.0 Å². The minimum atomic E-state index is -0.635. The maximum Gasteiger partial charge on any atom is 0.316 e. The zero-order chi connectivity index (χ0) is 14.5. The Kier molecular flexibility index (Phi) is 4.57. The van der Waals surface area contributed by atoms with E-state index in [1.165, 1.54) is 0 Å². The first kappa shape index (κ1) is 14.3. The molecular formula is C14H20N4O2. The molecule has 1 heterocycles. The summed E-state index contributed by atoms with van der Waals surface area (Å²) >= 11 is 0. The number of nitrogens with one attached hydrogen (secondary N) is 2. The second kappa shape index (κ2) is 6.38. The van der Waals surface area contributed by atoms with Crippen molar-refractivity contribution < 1.29 is 9.59 Å². The number of rotatable bonds is 4. The van der Waals surface area contributed by atoms with E-state index in [9.17, 15) is 9.59 Å². The predicted molar refractivity (Wildman–Crippen MR) is 77.6 cm³/mol. The molecule has 0 spiro atoms. The van der Waals surface area contributed by atoms with E-state index in [1.807, 2.05) is 11.9 Å². The molecule has 108 valence electrons. The molecule has 2 rings (SSSR count). The van der Waals surface area contributed by atoms with Crippen molar-refractivity contribution in [2.45, 2.75) is 18.9 Å². The number of hydrogen-bond acceptors (Lipinski definition) is 3. The Hall–Kier alpha value is -2.08. The average molecular weight is 276 g/mol. The third kappa shape index (κ3) is 3.27. The summed E-state index contributed by atoms with van der Waals surface area (Å²) in [6, 6.07) is 6.45. The minimum Gasteiger partial charge on any atom is -0.351 e. The van der Waals surface area contributed by atoms with E-state index in [4.69, 9.17) is 5.73 Å². The number of nitrogens with zero attached hydrogens (tertiary/aromatic N) is 1. The lowest BCUT2D eigenvalue weighted by Gasteiger charge is -2.24. The third-order valence-electron chi connectivity index (χ3n) is 3.45. The normalized spacial score (nSPS) is 18.1. The van der Waals surface area contributed by atoms with Crippen LogP contribution < -0.4 is 16.4 Å². The van der Waals surface area contributed by atoms with Crippen LogP contribution in [0.4, 0.5) is 10.5 Å². The van der Waals surface area contributed by atoms with Gasteiger partial charge in [-0.05, 0) is 38.1 Å². The lowest BCUT2D eigenvalue weighted by atomic mass is 10.1. The van der Waals surface area contributed by atoms with Gasteiger partial charge in [-0.2, -0.15) is 0 Å². The molecule has 1 atom stereocenters. The fourth-order valence-corrected chi connectivity index (χ4v) is 2.59. The first-order valence-electron chi connectivity index (χ1n) is 6.74. The fraction of sp³-hybridized carbons (Fsp3) is 0.429. The SMILES string of the molecule is CNCC1CCCN1C(=O)c1cccc(NC(N)=O)c1. The van der Waals surface area contributed by atoms with Crippen LogP contribution in [0.15, 0.2) is 24.3 Å². The van der Waals surface area contributed by atoms with Crippen LogP contribution in [0.3, 0.4) is 0 Å². The van der Waals surface area contributed by atoms with Gasteiger partial charge in [0.25, 0.3) is 5.91 Å². The standard InChI is InChI=1S/C14H20N4O2/c1-16-9-12-6-3-7-18(12)13(19)10-4-2-5-11(8-10)17-14(15)20/h2,4-5,8,12,16H,3,6-7,9H2,1H3,(H3,15,17,20). The highest BCUT2D eigenvalue weighted by atomic mass is 16.2. The van der Waals surface area contributed by atoms with E-state index in [0.717, 1.165) is 25.9 Å². The predicted octanol–water partition coefficient (Wildman–Crippen LogP) is 1.00. The Morgan fingerprint density at radius 2 is 2.25 bits per heavy atom. The van der Waals surface area contributed by atoms with Crippen molar-refractivity contribution >= 4 is 17.6 Å².